The lowest BCUT2D eigenvalue weighted by Gasteiger charge is -2.27. The fourth-order valence-electron chi connectivity index (χ4n) is 4.51. The van der Waals surface area contributed by atoms with Crippen LogP contribution in [0.15, 0.2) is 36.8 Å². The number of pyridine rings is 2. The molecule has 0 saturated carbocycles. The summed E-state index contributed by atoms with van der Waals surface area (Å²) in [4.78, 5) is 24.5. The zero-order chi connectivity index (χ0) is 24.6. The van der Waals surface area contributed by atoms with Crippen LogP contribution in [-0.4, -0.2) is 60.6 Å². The molecular formula is C25H30FN9. The summed E-state index contributed by atoms with van der Waals surface area (Å²) < 4.78 is 16.9. The van der Waals surface area contributed by atoms with E-state index in [1.165, 1.54) is 6.20 Å². The predicted molar refractivity (Wildman–Crippen MR) is 134 cm³/mol. The van der Waals surface area contributed by atoms with Gasteiger partial charge in [-0.05, 0) is 45.4 Å². The van der Waals surface area contributed by atoms with E-state index in [0.717, 1.165) is 49.6 Å². The zero-order valence-corrected chi connectivity index (χ0v) is 20.5. The van der Waals surface area contributed by atoms with Gasteiger partial charge >= 0.3 is 0 Å². The van der Waals surface area contributed by atoms with Crippen molar-refractivity contribution in [3.8, 4) is 11.3 Å². The Morgan fingerprint density at radius 1 is 1.03 bits per heavy atom. The topological polar surface area (TPSA) is 96.7 Å². The van der Waals surface area contributed by atoms with E-state index in [1.807, 2.05) is 31.3 Å². The average molecular weight is 476 g/mol. The molecule has 1 aliphatic heterocycles. The molecule has 4 aromatic heterocycles. The van der Waals surface area contributed by atoms with Crippen LogP contribution in [0.4, 0.5) is 16.2 Å². The smallest absolute Gasteiger partial charge is 0.229 e. The van der Waals surface area contributed by atoms with Gasteiger partial charge in [0.25, 0.3) is 0 Å². The highest BCUT2D eigenvalue weighted by Crippen LogP contribution is 2.28. The summed E-state index contributed by atoms with van der Waals surface area (Å²) in [6, 6.07) is 5.81. The molecule has 9 nitrogen and oxygen atoms in total. The Bertz CT molecular complexity index is 1340. The zero-order valence-electron chi connectivity index (χ0n) is 20.5. The third kappa shape index (κ3) is 4.98. The molecule has 1 fully saturated rings. The molecule has 0 amide bonds. The summed E-state index contributed by atoms with van der Waals surface area (Å²) in [6.45, 7) is 13.2. The minimum atomic E-state index is -0.519. The van der Waals surface area contributed by atoms with Gasteiger partial charge in [0.2, 0.25) is 5.95 Å². The van der Waals surface area contributed by atoms with Gasteiger partial charge < -0.3 is 15.2 Å². The Kier molecular flexibility index (Phi) is 6.16. The molecule has 4 aromatic rings. The third-order valence-corrected chi connectivity index (χ3v) is 6.05. The summed E-state index contributed by atoms with van der Waals surface area (Å²) in [5, 5.41) is 6.45. The highest BCUT2D eigenvalue weighted by atomic mass is 19.1. The van der Waals surface area contributed by atoms with Crippen molar-refractivity contribution in [3.63, 3.8) is 0 Å². The SMILES string of the molecule is Cc1nc2ncc(-c3nc(Nc4ccc(CN5CCNCC5)cn4)ncc3F)cc2n1C(C)(C)C. The van der Waals surface area contributed by atoms with E-state index in [2.05, 4.69) is 65.8 Å². The Balaban J connectivity index is 1.39. The first-order valence-electron chi connectivity index (χ1n) is 11.8. The molecule has 0 aromatic carbocycles. The van der Waals surface area contributed by atoms with Crippen molar-refractivity contribution in [1.82, 2.24) is 39.7 Å². The van der Waals surface area contributed by atoms with Crippen molar-refractivity contribution >= 4 is 22.9 Å². The molecule has 0 aliphatic carbocycles. The summed E-state index contributed by atoms with van der Waals surface area (Å²) in [5.74, 6) is 1.20. The van der Waals surface area contributed by atoms with E-state index in [4.69, 9.17) is 0 Å². The number of fused-ring (bicyclic) bond motifs is 1. The highest BCUT2D eigenvalue weighted by molar-refractivity contribution is 5.78. The van der Waals surface area contributed by atoms with E-state index < -0.39 is 5.82 Å². The molecule has 5 rings (SSSR count). The van der Waals surface area contributed by atoms with Gasteiger partial charge in [0.15, 0.2) is 11.5 Å². The molecule has 0 unspecified atom stereocenters. The summed E-state index contributed by atoms with van der Waals surface area (Å²) in [6.07, 6.45) is 4.61. The molecular weight excluding hydrogens is 445 g/mol. The molecule has 1 saturated heterocycles. The second-order valence-corrected chi connectivity index (χ2v) is 9.82. The number of nitrogens with zero attached hydrogens (tertiary/aromatic N) is 7. The van der Waals surface area contributed by atoms with Crippen molar-refractivity contribution < 1.29 is 4.39 Å². The lowest BCUT2D eigenvalue weighted by molar-refractivity contribution is 0.233. The largest absolute Gasteiger partial charge is 0.321 e. The molecule has 35 heavy (non-hydrogen) atoms. The molecule has 182 valence electrons. The van der Waals surface area contributed by atoms with Crippen molar-refractivity contribution in [3.05, 3.63) is 54.0 Å². The normalized spacial score (nSPS) is 15.0. The number of piperazine rings is 1. The van der Waals surface area contributed by atoms with Crippen LogP contribution >= 0.6 is 0 Å². The summed E-state index contributed by atoms with van der Waals surface area (Å²) in [5.41, 5.74) is 3.14. The van der Waals surface area contributed by atoms with Crippen LogP contribution < -0.4 is 10.6 Å². The molecule has 5 heterocycles. The van der Waals surface area contributed by atoms with Gasteiger partial charge in [-0.1, -0.05) is 6.07 Å². The molecule has 1 aliphatic rings. The van der Waals surface area contributed by atoms with Gasteiger partial charge in [-0.3, -0.25) is 4.90 Å². The molecule has 0 bridgehead atoms. The van der Waals surface area contributed by atoms with Crippen LogP contribution in [0.1, 0.15) is 32.2 Å². The van der Waals surface area contributed by atoms with Crippen molar-refractivity contribution in [1.29, 1.82) is 0 Å². The number of rotatable bonds is 5. The summed E-state index contributed by atoms with van der Waals surface area (Å²) >= 11 is 0. The number of nitrogens with one attached hydrogen (secondary N) is 2. The molecule has 0 atom stereocenters. The Morgan fingerprint density at radius 3 is 2.54 bits per heavy atom. The first-order chi connectivity index (χ1) is 16.8. The van der Waals surface area contributed by atoms with E-state index in [9.17, 15) is 4.39 Å². The van der Waals surface area contributed by atoms with Gasteiger partial charge in [-0.2, -0.15) is 0 Å². The second-order valence-electron chi connectivity index (χ2n) is 9.82. The maximum atomic E-state index is 14.8. The quantitative estimate of drug-likeness (QED) is 0.452. The van der Waals surface area contributed by atoms with E-state index in [0.29, 0.717) is 17.0 Å². The Hall–Kier alpha value is -3.50. The van der Waals surface area contributed by atoms with Crippen LogP contribution in [0.25, 0.3) is 22.4 Å². The van der Waals surface area contributed by atoms with Gasteiger partial charge in [0.1, 0.15) is 17.3 Å². The minimum Gasteiger partial charge on any atom is -0.321 e. The highest BCUT2D eigenvalue weighted by Gasteiger charge is 2.21. The summed E-state index contributed by atoms with van der Waals surface area (Å²) in [7, 11) is 0. The monoisotopic (exact) mass is 475 g/mol. The minimum absolute atomic E-state index is 0.173. The van der Waals surface area contributed by atoms with Crippen molar-refractivity contribution in [2.75, 3.05) is 31.5 Å². The Labute approximate surface area is 203 Å². The standard InChI is InChI=1S/C25H30FN9/c1-16-31-23-20(35(16)25(2,3)4)11-18(13-29-23)22-19(26)14-30-24(33-22)32-21-6-5-17(12-28-21)15-34-9-7-27-8-10-34/h5-6,11-14,27H,7-10,15H2,1-4H3,(H,28,30,32,33). The second kappa shape index (κ2) is 9.27. The van der Waals surface area contributed by atoms with Gasteiger partial charge in [0.05, 0.1) is 11.7 Å². The maximum absolute atomic E-state index is 14.8. The first-order valence-corrected chi connectivity index (χ1v) is 11.8. The van der Waals surface area contributed by atoms with Crippen LogP contribution in [0.3, 0.4) is 0 Å². The van der Waals surface area contributed by atoms with Crippen LogP contribution in [0.2, 0.25) is 0 Å². The third-order valence-electron chi connectivity index (χ3n) is 6.05. The van der Waals surface area contributed by atoms with E-state index >= 15 is 0 Å². The number of anilines is 2. The lowest BCUT2D eigenvalue weighted by atomic mass is 10.1. The number of aryl methyl sites for hydroxylation is 1. The maximum Gasteiger partial charge on any atom is 0.229 e. The molecule has 10 heteroatoms. The number of hydrogen-bond acceptors (Lipinski definition) is 8. The van der Waals surface area contributed by atoms with E-state index in [1.54, 1.807) is 6.20 Å². The fourth-order valence-corrected chi connectivity index (χ4v) is 4.51. The molecule has 2 N–H and O–H groups in total. The number of imidazole rings is 1. The number of aromatic nitrogens is 6. The first kappa shape index (κ1) is 23.3. The van der Waals surface area contributed by atoms with Gasteiger partial charge in [0, 0.05) is 56.2 Å². The van der Waals surface area contributed by atoms with Crippen LogP contribution in [-0.2, 0) is 12.1 Å². The average Bonchev–Trinajstić information content (AvgIpc) is 3.17. The number of halogens is 1. The van der Waals surface area contributed by atoms with E-state index in [-0.39, 0.29) is 17.2 Å². The number of hydrogen-bond donors (Lipinski definition) is 2. The molecule has 0 radical (unpaired) electrons. The van der Waals surface area contributed by atoms with Gasteiger partial charge in [-0.25, -0.2) is 29.3 Å². The van der Waals surface area contributed by atoms with Crippen LogP contribution in [0, 0.1) is 12.7 Å². The van der Waals surface area contributed by atoms with Gasteiger partial charge in [-0.15, -0.1) is 0 Å². The predicted octanol–water partition coefficient (Wildman–Crippen LogP) is 3.63. The Morgan fingerprint density at radius 2 is 1.83 bits per heavy atom. The van der Waals surface area contributed by atoms with Crippen LogP contribution in [0.5, 0.6) is 0 Å². The molecule has 0 spiro atoms. The lowest BCUT2D eigenvalue weighted by Crippen LogP contribution is -2.42. The van der Waals surface area contributed by atoms with Crippen molar-refractivity contribution in [2.24, 2.45) is 0 Å². The fraction of sp³-hybridized carbons (Fsp3) is 0.400. The van der Waals surface area contributed by atoms with Crippen molar-refractivity contribution in [2.45, 2.75) is 39.8 Å².